The third-order valence-corrected chi connectivity index (χ3v) is 12.1. The smallest absolute Gasteiger partial charge is 0.306 e. The van der Waals surface area contributed by atoms with E-state index in [4.69, 9.17) is 29.8 Å². The Morgan fingerprint density at radius 3 is 1.66 bits per heavy atom. The minimum Gasteiger partial charge on any atom is -0.481 e. The van der Waals surface area contributed by atoms with Crippen molar-refractivity contribution >= 4 is 47.0 Å². The second-order valence-corrected chi connectivity index (χ2v) is 18.5. The Balaban J connectivity index is 2.00. The van der Waals surface area contributed by atoms with E-state index in [0.717, 1.165) is 19.3 Å². The van der Waals surface area contributed by atoms with Crippen LogP contribution in [0.1, 0.15) is 167 Å². The Morgan fingerprint density at radius 1 is 0.589 bits per heavy atom. The van der Waals surface area contributed by atoms with E-state index in [9.17, 15) is 43.5 Å². The minimum atomic E-state index is -1.09. The zero-order valence-electron chi connectivity index (χ0n) is 43.9. The standard InChI is InChI=1S/C52H91N7O14/c1-2-3-4-5-6-7-8-9-10-11-12-13-14-15-16-19-43(60)34-41(52(68)69)21-23-48(63)56-26-28-70-30-33-73-39-50(65)57-27-29-71-31-32-72-38-49(64)55-25-18-17-20-45(46(61)22-24-51(66)67)58-37-47(62)44(53)35-42-36-54-40-59-42/h36,40-41,44-45,58H,2-35,37-39,53H2,1H3,(H,54,59)(H,55,64)(H,56,63)(H,57,65)(H,66,67)(H,68,69)/t41-,44+,45+/m1/s1. The predicted molar refractivity (Wildman–Crippen MR) is 275 cm³/mol. The van der Waals surface area contributed by atoms with Gasteiger partial charge in [-0.05, 0) is 32.1 Å². The average molecular weight is 1040 g/mol. The van der Waals surface area contributed by atoms with Crippen LogP contribution in [0.25, 0.3) is 0 Å². The van der Waals surface area contributed by atoms with Gasteiger partial charge < -0.3 is 61.1 Å². The van der Waals surface area contributed by atoms with Crippen molar-refractivity contribution in [3.63, 3.8) is 0 Å². The number of carboxylic acid groups (broad SMARTS) is 2. The summed E-state index contributed by atoms with van der Waals surface area (Å²) in [5, 5.41) is 29.6. The van der Waals surface area contributed by atoms with Gasteiger partial charge in [0.2, 0.25) is 17.7 Å². The van der Waals surface area contributed by atoms with Gasteiger partial charge >= 0.3 is 11.9 Å². The minimum absolute atomic E-state index is 0.00420. The van der Waals surface area contributed by atoms with Crippen LogP contribution in [-0.2, 0) is 63.7 Å². The highest BCUT2D eigenvalue weighted by Gasteiger charge is 2.23. The predicted octanol–water partition coefficient (Wildman–Crippen LogP) is 4.53. The molecule has 0 aliphatic carbocycles. The molecule has 0 saturated carbocycles. The first kappa shape index (κ1) is 66.3. The zero-order chi connectivity index (χ0) is 53.6. The van der Waals surface area contributed by atoms with Gasteiger partial charge in [0.25, 0.3) is 0 Å². The molecule has 0 spiro atoms. The van der Waals surface area contributed by atoms with Crippen molar-refractivity contribution in [2.45, 2.75) is 180 Å². The molecule has 1 aromatic rings. The van der Waals surface area contributed by atoms with Crippen LogP contribution in [0.5, 0.6) is 0 Å². The van der Waals surface area contributed by atoms with Crippen LogP contribution in [0.4, 0.5) is 0 Å². The number of imidazole rings is 1. The van der Waals surface area contributed by atoms with Crippen LogP contribution in [0, 0.1) is 5.92 Å². The lowest BCUT2D eigenvalue weighted by Gasteiger charge is -2.18. The number of nitrogens with one attached hydrogen (secondary N) is 5. The molecule has 0 aliphatic rings. The number of ketones is 3. The van der Waals surface area contributed by atoms with Crippen LogP contribution in [0.15, 0.2) is 12.5 Å². The molecule has 0 bridgehead atoms. The molecule has 1 aromatic heterocycles. The van der Waals surface area contributed by atoms with Gasteiger partial charge in [0.15, 0.2) is 5.78 Å². The number of nitrogens with two attached hydrogens (primary N) is 1. The topological polar surface area (TPSA) is 317 Å². The first-order chi connectivity index (χ1) is 35.3. The van der Waals surface area contributed by atoms with E-state index in [2.05, 4.69) is 38.2 Å². The molecule has 3 atom stereocenters. The van der Waals surface area contributed by atoms with Gasteiger partial charge in [0.1, 0.15) is 24.8 Å². The monoisotopic (exact) mass is 1040 g/mol. The summed E-state index contributed by atoms with van der Waals surface area (Å²) in [5.41, 5.74) is 6.70. The number of aliphatic carboxylic acids is 2. The Bertz CT molecular complexity index is 1650. The number of hydrogen-bond donors (Lipinski definition) is 8. The maximum absolute atomic E-state index is 12.7. The highest BCUT2D eigenvalue weighted by atomic mass is 16.5. The molecule has 0 saturated heterocycles. The second kappa shape index (κ2) is 45.9. The average Bonchev–Trinajstić information content (AvgIpc) is 3.88. The first-order valence-electron chi connectivity index (χ1n) is 26.9. The molecular formula is C52H91N7O14. The fraction of sp³-hybridized carbons (Fsp3) is 0.788. The molecule has 418 valence electrons. The summed E-state index contributed by atoms with van der Waals surface area (Å²) in [6, 6.07) is -1.54. The highest BCUT2D eigenvalue weighted by molar-refractivity contribution is 5.89. The van der Waals surface area contributed by atoms with Crippen LogP contribution in [0.3, 0.4) is 0 Å². The molecule has 0 unspecified atom stereocenters. The van der Waals surface area contributed by atoms with Crippen LogP contribution < -0.4 is 27.0 Å². The lowest BCUT2D eigenvalue weighted by Crippen LogP contribution is -2.45. The number of rotatable bonds is 53. The Hall–Kier alpha value is -4.67. The van der Waals surface area contributed by atoms with E-state index < -0.39 is 29.9 Å². The number of H-pyrrole nitrogens is 1. The van der Waals surface area contributed by atoms with Crippen molar-refractivity contribution in [3.05, 3.63) is 18.2 Å². The van der Waals surface area contributed by atoms with E-state index in [-0.39, 0.29) is 146 Å². The summed E-state index contributed by atoms with van der Waals surface area (Å²) in [6.07, 6.45) is 23.2. The van der Waals surface area contributed by atoms with Gasteiger partial charge in [0, 0.05) is 63.6 Å². The fourth-order valence-corrected chi connectivity index (χ4v) is 7.76. The van der Waals surface area contributed by atoms with E-state index in [1.807, 2.05) is 0 Å². The number of amides is 3. The summed E-state index contributed by atoms with van der Waals surface area (Å²) in [6.45, 7) is 3.61. The number of carbonyl (C=O) groups is 8. The number of aromatic amines is 1. The summed E-state index contributed by atoms with van der Waals surface area (Å²) < 4.78 is 21.5. The van der Waals surface area contributed by atoms with Gasteiger partial charge in [-0.2, -0.15) is 0 Å². The summed E-state index contributed by atoms with van der Waals surface area (Å²) in [4.78, 5) is 104. The quantitative estimate of drug-likeness (QED) is 0.0416. The number of aromatic nitrogens is 2. The zero-order valence-corrected chi connectivity index (χ0v) is 43.9. The van der Waals surface area contributed by atoms with Crippen molar-refractivity contribution in [2.75, 3.05) is 79.0 Å². The number of nitrogens with zero attached hydrogens (tertiary/aromatic N) is 1. The van der Waals surface area contributed by atoms with Gasteiger partial charge in [-0.3, -0.25) is 38.4 Å². The lowest BCUT2D eigenvalue weighted by molar-refractivity contribution is -0.144. The van der Waals surface area contributed by atoms with E-state index >= 15 is 0 Å². The molecule has 0 radical (unpaired) electrons. The number of Topliss-reactive ketones (excluding diaryl/α,β-unsaturated/α-hetero) is 3. The van der Waals surface area contributed by atoms with E-state index in [1.165, 1.54) is 83.4 Å². The van der Waals surface area contributed by atoms with Crippen molar-refractivity contribution in [2.24, 2.45) is 11.7 Å². The molecule has 9 N–H and O–H groups in total. The van der Waals surface area contributed by atoms with Crippen LogP contribution in [0.2, 0.25) is 0 Å². The second-order valence-electron chi connectivity index (χ2n) is 18.5. The maximum atomic E-state index is 12.7. The molecule has 3 amide bonds. The van der Waals surface area contributed by atoms with Gasteiger partial charge in [-0.1, -0.05) is 96.8 Å². The molecule has 1 heterocycles. The van der Waals surface area contributed by atoms with E-state index in [1.54, 1.807) is 6.20 Å². The van der Waals surface area contributed by atoms with Gasteiger partial charge in [-0.25, -0.2) is 4.98 Å². The molecule has 1 rings (SSSR count). The van der Waals surface area contributed by atoms with Crippen molar-refractivity contribution in [1.29, 1.82) is 0 Å². The maximum Gasteiger partial charge on any atom is 0.306 e. The Morgan fingerprint density at radius 2 is 1.12 bits per heavy atom. The molecule has 0 fully saturated rings. The molecule has 21 heteroatoms. The van der Waals surface area contributed by atoms with Crippen molar-refractivity contribution < 1.29 is 67.5 Å². The van der Waals surface area contributed by atoms with Crippen molar-refractivity contribution in [1.82, 2.24) is 31.2 Å². The van der Waals surface area contributed by atoms with Crippen LogP contribution >= 0.6 is 0 Å². The molecule has 0 aromatic carbocycles. The Labute approximate surface area is 433 Å². The number of carboxylic acids is 2. The van der Waals surface area contributed by atoms with E-state index in [0.29, 0.717) is 37.9 Å². The summed E-state index contributed by atoms with van der Waals surface area (Å²) in [5.74, 6) is -4.73. The molecule has 21 nitrogen and oxygen atoms in total. The van der Waals surface area contributed by atoms with Gasteiger partial charge in [-0.15, -0.1) is 0 Å². The third-order valence-electron chi connectivity index (χ3n) is 12.1. The largest absolute Gasteiger partial charge is 0.481 e. The number of ether oxygens (including phenoxy) is 4. The SMILES string of the molecule is CCCCCCCCCCCCCCCCCC(=O)C[C@@H](CCC(=O)NCCOCCOCC(=O)NCCOCCOCC(=O)NCCCC[C@H](NCC(=O)[C@@H](N)Cc1cnc[nH]1)C(=O)CCC(=O)O)C(=O)O. The molecule has 0 aliphatic heterocycles. The number of carbonyl (C=O) groups excluding carboxylic acids is 6. The third kappa shape index (κ3) is 40.4. The molecular weight excluding hydrogens is 947 g/mol. The normalized spacial score (nSPS) is 12.5. The number of unbranched alkanes of at least 4 members (excludes halogenated alkanes) is 15. The highest BCUT2D eigenvalue weighted by Crippen LogP contribution is 2.17. The lowest BCUT2D eigenvalue weighted by atomic mass is 9.94. The van der Waals surface area contributed by atoms with Crippen LogP contribution in [-0.4, -0.2) is 158 Å². The van der Waals surface area contributed by atoms with Crippen molar-refractivity contribution in [3.8, 4) is 0 Å². The number of hydrogen-bond acceptors (Lipinski definition) is 15. The molecule has 73 heavy (non-hydrogen) atoms. The summed E-state index contributed by atoms with van der Waals surface area (Å²) in [7, 11) is 0. The summed E-state index contributed by atoms with van der Waals surface area (Å²) >= 11 is 0. The Kier molecular flexibility index (Phi) is 41.7. The first-order valence-corrected chi connectivity index (χ1v) is 26.9. The fourth-order valence-electron chi connectivity index (χ4n) is 7.76. The van der Waals surface area contributed by atoms with Gasteiger partial charge in [0.05, 0.1) is 76.9 Å².